The van der Waals surface area contributed by atoms with Gasteiger partial charge in [0, 0.05) is 38.4 Å². The van der Waals surface area contributed by atoms with Crippen LogP contribution in [0.2, 0.25) is 0 Å². The van der Waals surface area contributed by atoms with Crippen molar-refractivity contribution in [3.05, 3.63) is 23.9 Å². The largest absolute Gasteiger partial charge is 0.336 e. The number of anilines is 1. The zero-order valence-corrected chi connectivity index (χ0v) is 11.5. The number of nitrogen functional groups attached to an aromatic ring is 1. The SMILES string of the molecule is CC(C)N1CCN(C(=O)c2ccc(NN)nc2)CC1. The number of carbonyl (C=O) groups is 1. The van der Waals surface area contributed by atoms with Crippen LogP contribution in [0.1, 0.15) is 24.2 Å². The fourth-order valence-electron chi connectivity index (χ4n) is 2.23. The molecule has 3 N–H and O–H groups in total. The Kier molecular flexibility index (Phi) is 4.34. The van der Waals surface area contributed by atoms with E-state index in [0.717, 1.165) is 26.2 Å². The molecule has 0 spiro atoms. The van der Waals surface area contributed by atoms with E-state index in [0.29, 0.717) is 17.4 Å². The molecule has 0 atom stereocenters. The van der Waals surface area contributed by atoms with Gasteiger partial charge in [-0.15, -0.1) is 0 Å². The van der Waals surface area contributed by atoms with Gasteiger partial charge >= 0.3 is 0 Å². The number of nitrogens with one attached hydrogen (secondary N) is 1. The fourth-order valence-corrected chi connectivity index (χ4v) is 2.23. The van der Waals surface area contributed by atoms with E-state index in [4.69, 9.17) is 5.84 Å². The molecular formula is C13H21N5O. The predicted molar refractivity (Wildman–Crippen MR) is 74.7 cm³/mol. The molecule has 19 heavy (non-hydrogen) atoms. The van der Waals surface area contributed by atoms with Gasteiger partial charge in [-0.2, -0.15) is 0 Å². The first kappa shape index (κ1) is 13.8. The quantitative estimate of drug-likeness (QED) is 0.615. The summed E-state index contributed by atoms with van der Waals surface area (Å²) in [7, 11) is 0. The molecule has 0 aliphatic carbocycles. The van der Waals surface area contributed by atoms with Crippen molar-refractivity contribution in [3.8, 4) is 0 Å². The Morgan fingerprint density at radius 2 is 2.00 bits per heavy atom. The Balaban J connectivity index is 1.97. The van der Waals surface area contributed by atoms with E-state index in [1.54, 1.807) is 18.3 Å². The number of piperazine rings is 1. The third kappa shape index (κ3) is 3.21. The van der Waals surface area contributed by atoms with Crippen molar-refractivity contribution in [1.82, 2.24) is 14.8 Å². The number of hydrazine groups is 1. The molecule has 1 saturated heterocycles. The normalized spacial score (nSPS) is 16.7. The highest BCUT2D eigenvalue weighted by atomic mass is 16.2. The van der Waals surface area contributed by atoms with Crippen LogP contribution < -0.4 is 11.3 Å². The van der Waals surface area contributed by atoms with Gasteiger partial charge in [0.05, 0.1) is 5.56 Å². The number of hydrogen-bond acceptors (Lipinski definition) is 5. The minimum atomic E-state index is 0.0412. The lowest BCUT2D eigenvalue weighted by Crippen LogP contribution is -2.50. The van der Waals surface area contributed by atoms with E-state index in [-0.39, 0.29) is 5.91 Å². The standard InChI is InChI=1S/C13H21N5O/c1-10(2)17-5-7-18(8-6-17)13(19)11-3-4-12(16-14)15-9-11/h3-4,9-10H,5-8,14H2,1-2H3,(H,15,16). The number of aromatic nitrogens is 1. The maximum absolute atomic E-state index is 12.3. The van der Waals surface area contributed by atoms with Gasteiger partial charge in [0.1, 0.15) is 5.82 Å². The molecule has 2 heterocycles. The predicted octanol–water partition coefficient (Wildman–Crippen LogP) is 0.533. The van der Waals surface area contributed by atoms with Crippen LogP contribution in [0, 0.1) is 0 Å². The van der Waals surface area contributed by atoms with Gasteiger partial charge in [0.15, 0.2) is 0 Å². The molecule has 0 radical (unpaired) electrons. The number of rotatable bonds is 3. The maximum atomic E-state index is 12.3. The van der Waals surface area contributed by atoms with Crippen molar-refractivity contribution in [2.45, 2.75) is 19.9 Å². The lowest BCUT2D eigenvalue weighted by atomic mass is 10.2. The molecular weight excluding hydrogens is 242 g/mol. The highest BCUT2D eigenvalue weighted by Crippen LogP contribution is 2.11. The fraction of sp³-hybridized carbons (Fsp3) is 0.538. The summed E-state index contributed by atoms with van der Waals surface area (Å²) in [6.45, 7) is 7.76. The summed E-state index contributed by atoms with van der Waals surface area (Å²) >= 11 is 0. The average molecular weight is 263 g/mol. The molecule has 6 heteroatoms. The summed E-state index contributed by atoms with van der Waals surface area (Å²) in [6, 6.07) is 3.99. The highest BCUT2D eigenvalue weighted by Gasteiger charge is 2.23. The Morgan fingerprint density at radius 3 is 2.47 bits per heavy atom. The van der Waals surface area contributed by atoms with Crippen molar-refractivity contribution >= 4 is 11.7 Å². The number of nitrogens with zero attached hydrogens (tertiary/aromatic N) is 3. The van der Waals surface area contributed by atoms with Crippen LogP contribution in [0.4, 0.5) is 5.82 Å². The van der Waals surface area contributed by atoms with Crippen molar-refractivity contribution < 1.29 is 4.79 Å². The van der Waals surface area contributed by atoms with Crippen LogP contribution in [-0.2, 0) is 0 Å². The molecule has 0 bridgehead atoms. The lowest BCUT2D eigenvalue weighted by Gasteiger charge is -2.36. The van der Waals surface area contributed by atoms with Gasteiger partial charge in [0.2, 0.25) is 0 Å². The first-order valence-electron chi connectivity index (χ1n) is 6.58. The smallest absolute Gasteiger partial charge is 0.255 e. The van der Waals surface area contributed by atoms with Crippen LogP contribution in [0.25, 0.3) is 0 Å². The van der Waals surface area contributed by atoms with Gasteiger partial charge in [-0.1, -0.05) is 0 Å². The van der Waals surface area contributed by atoms with E-state index in [1.807, 2.05) is 4.90 Å². The van der Waals surface area contributed by atoms with Crippen molar-refractivity contribution in [3.63, 3.8) is 0 Å². The topological polar surface area (TPSA) is 74.5 Å². The molecule has 104 valence electrons. The molecule has 1 aromatic rings. The van der Waals surface area contributed by atoms with E-state index < -0.39 is 0 Å². The highest BCUT2D eigenvalue weighted by molar-refractivity contribution is 5.94. The van der Waals surface area contributed by atoms with E-state index >= 15 is 0 Å². The van der Waals surface area contributed by atoms with Crippen LogP contribution in [0.15, 0.2) is 18.3 Å². The van der Waals surface area contributed by atoms with E-state index in [1.165, 1.54) is 0 Å². The summed E-state index contributed by atoms with van der Waals surface area (Å²) < 4.78 is 0. The maximum Gasteiger partial charge on any atom is 0.255 e. The Labute approximate surface area is 113 Å². The molecule has 1 aromatic heterocycles. The summed E-state index contributed by atoms with van der Waals surface area (Å²) in [5.74, 6) is 5.85. The molecule has 6 nitrogen and oxygen atoms in total. The molecule has 0 saturated carbocycles. The number of hydrogen-bond donors (Lipinski definition) is 2. The number of carbonyl (C=O) groups excluding carboxylic acids is 1. The second-order valence-corrected chi connectivity index (χ2v) is 5.00. The second kappa shape index (κ2) is 5.99. The van der Waals surface area contributed by atoms with Crippen molar-refractivity contribution in [2.75, 3.05) is 31.6 Å². The minimum Gasteiger partial charge on any atom is -0.336 e. The third-order valence-electron chi connectivity index (χ3n) is 3.49. The minimum absolute atomic E-state index is 0.0412. The summed E-state index contributed by atoms with van der Waals surface area (Å²) in [4.78, 5) is 20.6. The first-order chi connectivity index (χ1) is 9.11. The van der Waals surface area contributed by atoms with Crippen LogP contribution in [-0.4, -0.2) is 52.9 Å². The lowest BCUT2D eigenvalue weighted by molar-refractivity contribution is 0.0595. The first-order valence-corrected chi connectivity index (χ1v) is 6.58. The second-order valence-electron chi connectivity index (χ2n) is 5.00. The van der Waals surface area contributed by atoms with Gasteiger partial charge in [-0.25, -0.2) is 10.8 Å². The van der Waals surface area contributed by atoms with E-state index in [2.05, 4.69) is 29.2 Å². The average Bonchev–Trinajstić information content (AvgIpc) is 2.46. The molecule has 0 aromatic carbocycles. The van der Waals surface area contributed by atoms with Crippen molar-refractivity contribution in [2.24, 2.45) is 5.84 Å². The number of nitrogens with two attached hydrogens (primary N) is 1. The summed E-state index contributed by atoms with van der Waals surface area (Å²) in [5, 5.41) is 0. The Bertz CT molecular complexity index is 423. The molecule has 2 rings (SSSR count). The zero-order chi connectivity index (χ0) is 13.8. The molecule has 1 fully saturated rings. The van der Waals surface area contributed by atoms with Gasteiger partial charge < -0.3 is 10.3 Å². The Hall–Kier alpha value is -1.66. The van der Waals surface area contributed by atoms with Gasteiger partial charge in [0.25, 0.3) is 5.91 Å². The van der Waals surface area contributed by atoms with Crippen LogP contribution in [0.3, 0.4) is 0 Å². The summed E-state index contributed by atoms with van der Waals surface area (Å²) in [6.07, 6.45) is 1.56. The Morgan fingerprint density at radius 1 is 1.32 bits per heavy atom. The van der Waals surface area contributed by atoms with Gasteiger partial charge in [-0.05, 0) is 26.0 Å². The van der Waals surface area contributed by atoms with Crippen LogP contribution >= 0.6 is 0 Å². The van der Waals surface area contributed by atoms with Crippen LogP contribution in [0.5, 0.6) is 0 Å². The van der Waals surface area contributed by atoms with E-state index in [9.17, 15) is 4.79 Å². The van der Waals surface area contributed by atoms with Crippen molar-refractivity contribution in [1.29, 1.82) is 0 Å². The van der Waals surface area contributed by atoms with Gasteiger partial charge in [-0.3, -0.25) is 9.69 Å². The monoisotopic (exact) mass is 263 g/mol. The molecule has 1 aliphatic heterocycles. The number of pyridine rings is 1. The third-order valence-corrected chi connectivity index (χ3v) is 3.49. The molecule has 1 aliphatic rings. The molecule has 1 amide bonds. The zero-order valence-electron chi connectivity index (χ0n) is 11.5. The molecule has 0 unspecified atom stereocenters. The number of amides is 1. The summed E-state index contributed by atoms with van der Waals surface area (Å²) in [5.41, 5.74) is 3.06.